The Morgan fingerprint density at radius 1 is 1.21 bits per heavy atom. The van der Waals surface area contributed by atoms with E-state index in [1.54, 1.807) is 6.07 Å². The van der Waals surface area contributed by atoms with Crippen LogP contribution in [-0.2, 0) is 15.6 Å². The number of nitrogens with zero attached hydrogens (tertiary/aromatic N) is 1. The number of hydrogen-bond donors (Lipinski definition) is 2. The van der Waals surface area contributed by atoms with Gasteiger partial charge in [0.25, 0.3) is 5.91 Å². The number of rotatable bonds is 11. The van der Waals surface area contributed by atoms with Crippen LogP contribution in [0.15, 0.2) is 42.5 Å². The summed E-state index contributed by atoms with van der Waals surface area (Å²) in [6.45, 7) is 3.29. The predicted molar refractivity (Wildman–Crippen MR) is 137 cm³/mol. The maximum absolute atomic E-state index is 12.5. The highest BCUT2D eigenvalue weighted by atomic mass is 35.5. The lowest BCUT2D eigenvalue weighted by atomic mass is 9.93. The Balaban J connectivity index is 1.34. The molecule has 1 saturated heterocycles. The van der Waals surface area contributed by atoms with Crippen molar-refractivity contribution in [1.82, 2.24) is 10.2 Å². The van der Waals surface area contributed by atoms with E-state index >= 15 is 0 Å². The number of nitrogen functional groups attached to an aromatic ring is 1. The molecule has 0 bridgehead atoms. The van der Waals surface area contributed by atoms with Gasteiger partial charge in [0.15, 0.2) is 9.84 Å². The number of carbonyl (C=O) groups is 1. The summed E-state index contributed by atoms with van der Waals surface area (Å²) in [6.07, 6.45) is 3.64. The summed E-state index contributed by atoms with van der Waals surface area (Å²) in [6, 6.07) is 12.4. The summed E-state index contributed by atoms with van der Waals surface area (Å²) < 4.78 is 30.0. The third-order valence-corrected chi connectivity index (χ3v) is 8.28. The molecule has 1 aliphatic rings. The zero-order chi connectivity index (χ0) is 24.6. The molecule has 34 heavy (non-hydrogen) atoms. The number of carbonyl (C=O) groups excluding carboxylic acids is 1. The van der Waals surface area contributed by atoms with E-state index in [1.807, 2.05) is 30.3 Å². The van der Waals surface area contributed by atoms with Crippen LogP contribution in [0.1, 0.15) is 41.6 Å². The van der Waals surface area contributed by atoms with Crippen molar-refractivity contribution in [1.29, 1.82) is 0 Å². The van der Waals surface area contributed by atoms with E-state index in [9.17, 15) is 13.2 Å². The largest absolute Gasteiger partial charge is 0.496 e. The van der Waals surface area contributed by atoms with Gasteiger partial charge in [-0.05, 0) is 62.9 Å². The molecule has 0 atom stereocenters. The summed E-state index contributed by atoms with van der Waals surface area (Å²) in [4.78, 5) is 14.9. The Labute approximate surface area is 207 Å². The lowest BCUT2D eigenvalue weighted by molar-refractivity contribution is 0.0945. The van der Waals surface area contributed by atoms with Crippen molar-refractivity contribution in [3.8, 4) is 5.75 Å². The Kier molecular flexibility index (Phi) is 9.62. The van der Waals surface area contributed by atoms with Gasteiger partial charge in [-0.1, -0.05) is 41.9 Å². The molecule has 0 aliphatic carbocycles. The Morgan fingerprint density at radius 2 is 1.91 bits per heavy atom. The zero-order valence-corrected chi connectivity index (χ0v) is 21.2. The Hall–Kier alpha value is -2.29. The molecule has 1 amide bonds. The van der Waals surface area contributed by atoms with Crippen LogP contribution in [0.4, 0.5) is 5.69 Å². The molecule has 186 valence electrons. The van der Waals surface area contributed by atoms with Gasteiger partial charge in [0, 0.05) is 12.6 Å². The molecule has 0 unspecified atom stereocenters. The Morgan fingerprint density at radius 3 is 2.59 bits per heavy atom. The summed E-state index contributed by atoms with van der Waals surface area (Å²) >= 11 is 6.06. The maximum atomic E-state index is 12.5. The molecule has 0 aromatic heterocycles. The fraction of sp³-hybridized carbons (Fsp3) is 0.480. The van der Waals surface area contributed by atoms with Gasteiger partial charge in [-0.15, -0.1) is 0 Å². The average molecular weight is 508 g/mol. The summed E-state index contributed by atoms with van der Waals surface area (Å²) in [5.41, 5.74) is 7.37. The monoisotopic (exact) mass is 507 g/mol. The fourth-order valence-electron chi connectivity index (χ4n) is 4.31. The quantitative estimate of drug-likeness (QED) is 0.449. The number of nitrogens with one attached hydrogen (secondary N) is 1. The van der Waals surface area contributed by atoms with Crippen LogP contribution in [0.3, 0.4) is 0 Å². The summed E-state index contributed by atoms with van der Waals surface area (Å²) in [7, 11) is -1.60. The van der Waals surface area contributed by atoms with E-state index < -0.39 is 9.84 Å². The minimum atomic E-state index is -3.09. The van der Waals surface area contributed by atoms with Gasteiger partial charge in [-0.25, -0.2) is 8.42 Å². The minimum Gasteiger partial charge on any atom is -0.496 e. The average Bonchev–Trinajstić information content (AvgIpc) is 2.81. The lowest BCUT2D eigenvalue weighted by Gasteiger charge is -2.32. The van der Waals surface area contributed by atoms with Gasteiger partial charge >= 0.3 is 0 Å². The van der Waals surface area contributed by atoms with Crippen LogP contribution in [0.2, 0.25) is 5.02 Å². The number of hydrogen-bond acceptors (Lipinski definition) is 6. The maximum Gasteiger partial charge on any atom is 0.255 e. The first-order valence-corrected chi connectivity index (χ1v) is 13.9. The van der Waals surface area contributed by atoms with E-state index in [0.29, 0.717) is 40.9 Å². The number of methoxy groups -OCH3 is 1. The van der Waals surface area contributed by atoms with Crippen molar-refractivity contribution in [2.75, 3.05) is 44.8 Å². The molecule has 0 radical (unpaired) electrons. The number of halogens is 1. The van der Waals surface area contributed by atoms with Crippen molar-refractivity contribution in [2.24, 2.45) is 5.92 Å². The number of piperidine rings is 1. The normalized spacial score (nSPS) is 15.2. The van der Waals surface area contributed by atoms with Crippen LogP contribution in [0.5, 0.6) is 5.75 Å². The molecule has 3 rings (SSSR count). The number of likely N-dealkylation sites (tertiary alicyclic amines) is 1. The van der Waals surface area contributed by atoms with Crippen molar-refractivity contribution in [3.05, 3.63) is 58.6 Å². The van der Waals surface area contributed by atoms with Crippen LogP contribution in [0.25, 0.3) is 0 Å². The molecule has 7 nitrogen and oxygen atoms in total. The standard InChI is InChI=1S/C25H34ClN3O4S/c1-33-24-17-23(27)22(26)16-21(24)25(30)28-11-8-19-9-13-29(14-10-19)12-5-15-34(31,32)18-20-6-3-2-4-7-20/h2-4,6-7,16-17,19H,5,8-15,18,27H2,1H3,(H,28,30). The minimum absolute atomic E-state index is 0.107. The smallest absolute Gasteiger partial charge is 0.255 e. The summed E-state index contributed by atoms with van der Waals surface area (Å²) in [5.74, 6) is 1.03. The molecular formula is C25H34ClN3O4S. The predicted octanol–water partition coefficient (Wildman–Crippen LogP) is 3.77. The van der Waals surface area contributed by atoms with Crippen molar-refractivity contribution < 1.29 is 17.9 Å². The molecule has 1 fully saturated rings. The van der Waals surface area contributed by atoms with E-state index in [1.165, 1.54) is 13.2 Å². The zero-order valence-electron chi connectivity index (χ0n) is 19.6. The number of amides is 1. The second-order valence-corrected chi connectivity index (χ2v) is 11.4. The molecule has 0 spiro atoms. The molecule has 0 saturated carbocycles. The molecule has 1 aliphatic heterocycles. The number of nitrogens with two attached hydrogens (primary N) is 1. The first-order chi connectivity index (χ1) is 16.3. The second-order valence-electron chi connectivity index (χ2n) is 8.83. The molecule has 1 heterocycles. The van der Waals surface area contributed by atoms with E-state index in [2.05, 4.69) is 10.2 Å². The molecule has 2 aromatic carbocycles. The van der Waals surface area contributed by atoms with Crippen LogP contribution >= 0.6 is 11.6 Å². The van der Waals surface area contributed by atoms with Crippen LogP contribution in [-0.4, -0.2) is 58.3 Å². The number of ether oxygens (including phenoxy) is 1. The topological polar surface area (TPSA) is 102 Å². The van der Waals surface area contributed by atoms with Crippen molar-refractivity contribution in [2.45, 2.75) is 31.4 Å². The highest BCUT2D eigenvalue weighted by Crippen LogP contribution is 2.29. The van der Waals surface area contributed by atoms with Gasteiger partial charge in [0.1, 0.15) is 5.75 Å². The van der Waals surface area contributed by atoms with Crippen molar-refractivity contribution >= 4 is 33.0 Å². The van der Waals surface area contributed by atoms with Crippen molar-refractivity contribution in [3.63, 3.8) is 0 Å². The molecular weight excluding hydrogens is 474 g/mol. The molecule has 2 aromatic rings. The van der Waals surface area contributed by atoms with E-state index in [4.69, 9.17) is 22.1 Å². The van der Waals surface area contributed by atoms with Gasteiger partial charge in [0.2, 0.25) is 0 Å². The number of anilines is 1. The van der Waals surface area contributed by atoms with Gasteiger partial charge < -0.3 is 20.7 Å². The van der Waals surface area contributed by atoms with Crippen LogP contribution in [0, 0.1) is 5.92 Å². The molecule has 9 heteroatoms. The van der Waals surface area contributed by atoms with Crippen LogP contribution < -0.4 is 15.8 Å². The number of sulfone groups is 1. The first-order valence-electron chi connectivity index (χ1n) is 11.7. The highest BCUT2D eigenvalue weighted by molar-refractivity contribution is 7.90. The lowest BCUT2D eigenvalue weighted by Crippen LogP contribution is -2.36. The van der Waals surface area contributed by atoms with Gasteiger partial charge in [-0.3, -0.25) is 4.79 Å². The number of benzene rings is 2. The van der Waals surface area contributed by atoms with Gasteiger partial charge in [0.05, 0.1) is 34.9 Å². The summed E-state index contributed by atoms with van der Waals surface area (Å²) in [5, 5.41) is 3.28. The third kappa shape index (κ3) is 7.89. The fourth-order valence-corrected chi connectivity index (χ4v) is 5.88. The first kappa shape index (κ1) is 26.3. The third-order valence-electron chi connectivity index (χ3n) is 6.27. The second kappa shape index (κ2) is 12.4. The highest BCUT2D eigenvalue weighted by Gasteiger charge is 2.21. The van der Waals surface area contributed by atoms with E-state index in [0.717, 1.165) is 44.5 Å². The Bertz CT molecular complexity index is 1060. The SMILES string of the molecule is COc1cc(N)c(Cl)cc1C(=O)NCCC1CCN(CCCS(=O)(=O)Cc2ccccc2)CC1. The van der Waals surface area contributed by atoms with E-state index in [-0.39, 0.29) is 17.4 Å². The van der Waals surface area contributed by atoms with Gasteiger partial charge in [-0.2, -0.15) is 0 Å². The molecule has 3 N–H and O–H groups in total.